The highest BCUT2D eigenvalue weighted by molar-refractivity contribution is 5.98. The van der Waals surface area contributed by atoms with Gasteiger partial charge in [0.2, 0.25) is 11.5 Å². The number of carbonyl (C=O) groups is 1. The van der Waals surface area contributed by atoms with E-state index in [2.05, 4.69) is 0 Å². The molecule has 0 saturated carbocycles. The van der Waals surface area contributed by atoms with Gasteiger partial charge in [0, 0.05) is 6.42 Å². The maximum Gasteiger partial charge on any atom is 0.240 e. The van der Waals surface area contributed by atoms with E-state index in [1.807, 2.05) is 6.92 Å². The Morgan fingerprint density at radius 2 is 2.30 bits per heavy atom. The van der Waals surface area contributed by atoms with Gasteiger partial charge in [-0.25, -0.2) is 0 Å². The second-order valence-electron chi connectivity index (χ2n) is 2.25. The molecule has 1 aliphatic heterocycles. The Labute approximate surface area is 59.3 Å². The lowest BCUT2D eigenvalue weighted by atomic mass is 10.2. The molecule has 1 aliphatic rings. The van der Waals surface area contributed by atoms with E-state index < -0.39 is 6.10 Å². The molecule has 3 nitrogen and oxygen atoms in total. The molecule has 0 amide bonds. The van der Waals surface area contributed by atoms with Crippen molar-refractivity contribution in [3.63, 3.8) is 0 Å². The van der Waals surface area contributed by atoms with Gasteiger partial charge in [-0.2, -0.15) is 0 Å². The van der Waals surface area contributed by atoms with E-state index in [-0.39, 0.29) is 11.5 Å². The summed E-state index contributed by atoms with van der Waals surface area (Å²) in [5.74, 6) is -0.0932. The lowest BCUT2D eigenvalue weighted by molar-refractivity contribution is -0.122. The molecule has 1 atom stereocenters. The first-order valence-corrected chi connectivity index (χ1v) is 3.29. The molecule has 0 aromatic rings. The maximum atomic E-state index is 10.8. The van der Waals surface area contributed by atoms with Crippen LogP contribution in [0.2, 0.25) is 0 Å². The molecule has 0 aromatic heterocycles. The van der Waals surface area contributed by atoms with Crippen molar-refractivity contribution in [3.8, 4) is 0 Å². The van der Waals surface area contributed by atoms with Crippen LogP contribution in [0.1, 0.15) is 20.3 Å². The summed E-state index contributed by atoms with van der Waals surface area (Å²) in [5.41, 5.74) is 0. The maximum absolute atomic E-state index is 10.8. The summed E-state index contributed by atoms with van der Waals surface area (Å²) < 4.78 is 5.02. The lowest BCUT2D eigenvalue weighted by Crippen LogP contribution is -2.12. The van der Waals surface area contributed by atoms with Crippen molar-refractivity contribution in [2.75, 3.05) is 0 Å². The fourth-order valence-corrected chi connectivity index (χ4v) is 0.903. The largest absolute Gasteiger partial charge is 0.502 e. The highest BCUT2D eigenvalue weighted by atomic mass is 16.5. The van der Waals surface area contributed by atoms with Gasteiger partial charge in [0.1, 0.15) is 5.76 Å². The fraction of sp³-hybridized carbons (Fsp3) is 0.571. The van der Waals surface area contributed by atoms with E-state index in [1.165, 1.54) is 0 Å². The Morgan fingerprint density at radius 3 is 2.50 bits per heavy atom. The average molecular weight is 142 g/mol. The van der Waals surface area contributed by atoms with Gasteiger partial charge in [0.15, 0.2) is 6.10 Å². The molecule has 3 heteroatoms. The van der Waals surface area contributed by atoms with E-state index in [0.717, 1.165) is 0 Å². The molecule has 0 saturated heterocycles. The van der Waals surface area contributed by atoms with Crippen molar-refractivity contribution in [1.29, 1.82) is 0 Å². The van der Waals surface area contributed by atoms with Gasteiger partial charge in [-0.05, 0) is 6.92 Å². The molecule has 1 N–H and O–H groups in total. The van der Waals surface area contributed by atoms with Crippen LogP contribution in [0, 0.1) is 0 Å². The third kappa shape index (κ3) is 0.875. The van der Waals surface area contributed by atoms with E-state index in [1.54, 1.807) is 6.92 Å². The van der Waals surface area contributed by atoms with Crippen LogP contribution in [0.15, 0.2) is 11.5 Å². The van der Waals surface area contributed by atoms with Crippen molar-refractivity contribution < 1.29 is 14.6 Å². The average Bonchev–Trinajstić information content (AvgIpc) is 2.17. The number of Topliss-reactive ketones (excluding diaryl/α,β-unsaturated/α-hetero) is 1. The van der Waals surface area contributed by atoms with Crippen molar-refractivity contribution >= 4 is 5.78 Å². The molecule has 0 fully saturated rings. The first kappa shape index (κ1) is 7.12. The number of ketones is 1. The predicted molar refractivity (Wildman–Crippen MR) is 35.5 cm³/mol. The Bertz CT molecular complexity index is 193. The molecule has 1 heterocycles. The van der Waals surface area contributed by atoms with Crippen LogP contribution in [0.3, 0.4) is 0 Å². The minimum absolute atomic E-state index is 0.199. The molecule has 0 aliphatic carbocycles. The minimum Gasteiger partial charge on any atom is -0.502 e. The molecule has 0 bridgehead atoms. The smallest absolute Gasteiger partial charge is 0.240 e. The van der Waals surface area contributed by atoms with Crippen LogP contribution in [0.4, 0.5) is 0 Å². The van der Waals surface area contributed by atoms with Gasteiger partial charge < -0.3 is 9.84 Å². The van der Waals surface area contributed by atoms with Gasteiger partial charge in [0.25, 0.3) is 0 Å². The fourth-order valence-electron chi connectivity index (χ4n) is 0.903. The summed E-state index contributed by atoms with van der Waals surface area (Å²) >= 11 is 0. The van der Waals surface area contributed by atoms with Crippen molar-refractivity contribution in [2.24, 2.45) is 0 Å². The number of rotatable bonds is 1. The van der Waals surface area contributed by atoms with Crippen molar-refractivity contribution in [1.82, 2.24) is 0 Å². The zero-order valence-corrected chi connectivity index (χ0v) is 6.05. The summed E-state index contributed by atoms with van der Waals surface area (Å²) in [5, 5.41) is 9.03. The number of allylic oxidation sites excluding steroid dienone is 1. The number of aliphatic hydroxyl groups excluding tert-OH is 1. The summed E-state index contributed by atoms with van der Waals surface area (Å²) in [6.07, 6.45) is 0.0806. The molecule has 1 rings (SSSR count). The first-order valence-electron chi connectivity index (χ1n) is 3.29. The van der Waals surface area contributed by atoms with E-state index in [4.69, 9.17) is 9.84 Å². The quantitative estimate of drug-likeness (QED) is 0.597. The first-order chi connectivity index (χ1) is 4.66. The van der Waals surface area contributed by atoms with Crippen LogP contribution in [-0.4, -0.2) is 17.0 Å². The van der Waals surface area contributed by atoms with Crippen LogP contribution >= 0.6 is 0 Å². The monoisotopic (exact) mass is 142 g/mol. The number of aliphatic hydroxyl groups is 1. The number of hydrogen-bond acceptors (Lipinski definition) is 3. The molecule has 0 spiro atoms. The van der Waals surface area contributed by atoms with Gasteiger partial charge >= 0.3 is 0 Å². The minimum atomic E-state index is -0.491. The second-order valence-corrected chi connectivity index (χ2v) is 2.25. The molecule has 0 unspecified atom stereocenters. The standard InChI is InChI=1S/C7H10O3/c1-3-5-7(9)6(8)4(2)10-5/h4,9H,3H2,1-2H3/t4-/m0/s1. The topological polar surface area (TPSA) is 46.5 Å². The molecule has 10 heavy (non-hydrogen) atoms. The van der Waals surface area contributed by atoms with Crippen LogP contribution in [0.5, 0.6) is 0 Å². The highest BCUT2D eigenvalue weighted by Crippen LogP contribution is 2.21. The Morgan fingerprint density at radius 1 is 1.70 bits per heavy atom. The summed E-state index contributed by atoms with van der Waals surface area (Å²) in [4.78, 5) is 10.8. The highest BCUT2D eigenvalue weighted by Gasteiger charge is 2.30. The molecule has 56 valence electrons. The SMILES string of the molecule is CCC1=C(O)C(=O)[C@H](C)O1. The molecule has 0 radical (unpaired) electrons. The van der Waals surface area contributed by atoms with E-state index in [0.29, 0.717) is 12.2 Å². The molecular formula is C7H10O3. The Balaban J connectivity index is 2.83. The van der Waals surface area contributed by atoms with Crippen LogP contribution < -0.4 is 0 Å². The third-order valence-corrected chi connectivity index (χ3v) is 1.51. The Hall–Kier alpha value is -0.990. The van der Waals surface area contributed by atoms with Crippen LogP contribution in [0.25, 0.3) is 0 Å². The molecule has 0 aromatic carbocycles. The predicted octanol–water partition coefficient (Wildman–Crippen LogP) is 1.15. The number of hydrogen-bond donors (Lipinski definition) is 1. The third-order valence-electron chi connectivity index (χ3n) is 1.51. The number of carbonyl (C=O) groups excluding carboxylic acids is 1. The number of ether oxygens (including phenoxy) is 1. The van der Waals surface area contributed by atoms with Gasteiger partial charge in [0.05, 0.1) is 0 Å². The van der Waals surface area contributed by atoms with Crippen LogP contribution in [-0.2, 0) is 9.53 Å². The van der Waals surface area contributed by atoms with Crippen molar-refractivity contribution in [2.45, 2.75) is 26.4 Å². The van der Waals surface area contributed by atoms with Gasteiger partial charge in [-0.3, -0.25) is 4.79 Å². The normalized spacial score (nSPS) is 25.4. The zero-order valence-electron chi connectivity index (χ0n) is 6.05. The van der Waals surface area contributed by atoms with Crippen molar-refractivity contribution in [3.05, 3.63) is 11.5 Å². The summed E-state index contributed by atoms with van der Waals surface area (Å²) in [7, 11) is 0. The van der Waals surface area contributed by atoms with Gasteiger partial charge in [-0.1, -0.05) is 6.92 Å². The summed E-state index contributed by atoms with van der Waals surface area (Å²) in [6.45, 7) is 3.46. The van der Waals surface area contributed by atoms with E-state index >= 15 is 0 Å². The van der Waals surface area contributed by atoms with Gasteiger partial charge in [-0.15, -0.1) is 0 Å². The lowest BCUT2D eigenvalue weighted by Gasteiger charge is -2.01. The Kier molecular flexibility index (Phi) is 1.66. The molecular weight excluding hydrogens is 132 g/mol. The second kappa shape index (κ2) is 2.33. The summed E-state index contributed by atoms with van der Waals surface area (Å²) in [6, 6.07) is 0. The zero-order chi connectivity index (χ0) is 7.72. The van der Waals surface area contributed by atoms with E-state index in [9.17, 15) is 4.79 Å².